The van der Waals surface area contributed by atoms with Crippen molar-refractivity contribution >= 4 is 0 Å². The molecule has 3 nitrogen and oxygen atoms in total. The second-order valence-corrected chi connectivity index (χ2v) is 4.27. The fraction of sp³-hybridized carbons (Fsp3) is 1.00. The standard InChI is InChI=1S/C12H25NO2/c1-3-4-7-14-8-5-11-10-15-9-6-12(11)13-2/h11-13H,3-10H2,1-2H3. The van der Waals surface area contributed by atoms with E-state index in [9.17, 15) is 0 Å². The van der Waals surface area contributed by atoms with Crippen LogP contribution in [-0.2, 0) is 9.47 Å². The molecule has 1 aliphatic rings. The van der Waals surface area contributed by atoms with Crippen molar-refractivity contribution in [3.63, 3.8) is 0 Å². The van der Waals surface area contributed by atoms with Gasteiger partial charge < -0.3 is 14.8 Å². The summed E-state index contributed by atoms with van der Waals surface area (Å²) in [6.45, 7) is 5.78. The van der Waals surface area contributed by atoms with E-state index in [1.807, 2.05) is 7.05 Å². The molecule has 0 aromatic carbocycles. The molecule has 0 saturated carbocycles. The SMILES string of the molecule is CCCCOCCC1COCCC1NC. The van der Waals surface area contributed by atoms with Gasteiger partial charge in [-0.3, -0.25) is 0 Å². The molecule has 90 valence electrons. The fourth-order valence-corrected chi connectivity index (χ4v) is 2.04. The average molecular weight is 215 g/mol. The summed E-state index contributed by atoms with van der Waals surface area (Å²) in [4.78, 5) is 0. The molecule has 0 aliphatic carbocycles. The van der Waals surface area contributed by atoms with Crippen molar-refractivity contribution in [1.82, 2.24) is 5.32 Å². The predicted molar refractivity (Wildman–Crippen MR) is 62.1 cm³/mol. The Morgan fingerprint density at radius 2 is 2.27 bits per heavy atom. The number of hydrogen-bond donors (Lipinski definition) is 1. The maximum atomic E-state index is 5.59. The van der Waals surface area contributed by atoms with Gasteiger partial charge in [0.25, 0.3) is 0 Å². The molecule has 2 atom stereocenters. The summed E-state index contributed by atoms with van der Waals surface area (Å²) in [5, 5.41) is 3.37. The van der Waals surface area contributed by atoms with E-state index in [1.165, 1.54) is 12.8 Å². The highest BCUT2D eigenvalue weighted by molar-refractivity contribution is 4.78. The van der Waals surface area contributed by atoms with Crippen LogP contribution in [0.3, 0.4) is 0 Å². The molecular weight excluding hydrogens is 190 g/mol. The number of ether oxygens (including phenoxy) is 2. The second kappa shape index (κ2) is 8.08. The summed E-state index contributed by atoms with van der Waals surface area (Å²) in [5.74, 6) is 0.630. The van der Waals surface area contributed by atoms with Crippen LogP contribution >= 0.6 is 0 Å². The third-order valence-corrected chi connectivity index (χ3v) is 3.12. The summed E-state index contributed by atoms with van der Waals surface area (Å²) in [6, 6.07) is 0.619. The molecule has 15 heavy (non-hydrogen) atoms. The van der Waals surface area contributed by atoms with Crippen molar-refractivity contribution in [2.45, 2.75) is 38.6 Å². The average Bonchev–Trinajstić information content (AvgIpc) is 2.29. The highest BCUT2D eigenvalue weighted by Gasteiger charge is 2.23. The molecule has 1 rings (SSSR count). The normalized spacial score (nSPS) is 26.8. The Kier molecular flexibility index (Phi) is 6.98. The van der Waals surface area contributed by atoms with Gasteiger partial charge in [-0.1, -0.05) is 13.3 Å². The lowest BCUT2D eigenvalue weighted by Crippen LogP contribution is -2.41. The van der Waals surface area contributed by atoms with Crippen molar-refractivity contribution in [1.29, 1.82) is 0 Å². The molecule has 1 N–H and O–H groups in total. The number of rotatable bonds is 7. The van der Waals surface area contributed by atoms with Gasteiger partial charge in [-0.25, -0.2) is 0 Å². The van der Waals surface area contributed by atoms with E-state index < -0.39 is 0 Å². The molecule has 1 aliphatic heterocycles. The maximum absolute atomic E-state index is 5.59. The van der Waals surface area contributed by atoms with Gasteiger partial charge in [-0.2, -0.15) is 0 Å². The summed E-state index contributed by atoms with van der Waals surface area (Å²) >= 11 is 0. The largest absolute Gasteiger partial charge is 0.381 e. The van der Waals surface area contributed by atoms with Gasteiger partial charge in [0.15, 0.2) is 0 Å². The van der Waals surface area contributed by atoms with Crippen LogP contribution in [-0.4, -0.2) is 39.5 Å². The highest BCUT2D eigenvalue weighted by Crippen LogP contribution is 2.17. The van der Waals surface area contributed by atoms with E-state index in [4.69, 9.17) is 9.47 Å². The van der Waals surface area contributed by atoms with Crippen molar-refractivity contribution in [3.05, 3.63) is 0 Å². The number of hydrogen-bond acceptors (Lipinski definition) is 3. The molecule has 1 heterocycles. The highest BCUT2D eigenvalue weighted by atomic mass is 16.5. The quantitative estimate of drug-likeness (QED) is 0.657. The first-order valence-corrected chi connectivity index (χ1v) is 6.21. The third-order valence-electron chi connectivity index (χ3n) is 3.12. The third kappa shape index (κ3) is 4.96. The monoisotopic (exact) mass is 215 g/mol. The van der Waals surface area contributed by atoms with E-state index in [0.29, 0.717) is 12.0 Å². The Bertz CT molecular complexity index is 153. The van der Waals surface area contributed by atoms with Crippen LogP contribution in [0.15, 0.2) is 0 Å². The second-order valence-electron chi connectivity index (χ2n) is 4.27. The Morgan fingerprint density at radius 1 is 1.40 bits per heavy atom. The lowest BCUT2D eigenvalue weighted by molar-refractivity contribution is 0.0154. The van der Waals surface area contributed by atoms with Gasteiger partial charge in [-0.05, 0) is 32.2 Å². The molecule has 0 aromatic rings. The molecular formula is C12H25NO2. The fourth-order valence-electron chi connectivity index (χ4n) is 2.04. The van der Waals surface area contributed by atoms with Crippen LogP contribution in [0.1, 0.15) is 32.6 Å². The zero-order chi connectivity index (χ0) is 10.9. The molecule has 0 spiro atoms. The molecule has 0 bridgehead atoms. The van der Waals surface area contributed by atoms with Gasteiger partial charge in [0.1, 0.15) is 0 Å². The first-order valence-electron chi connectivity index (χ1n) is 6.21. The summed E-state index contributed by atoms with van der Waals surface area (Å²) in [5.41, 5.74) is 0. The first kappa shape index (κ1) is 12.9. The predicted octanol–water partition coefficient (Wildman–Crippen LogP) is 1.82. The Hall–Kier alpha value is -0.120. The van der Waals surface area contributed by atoms with E-state index >= 15 is 0 Å². The molecule has 0 amide bonds. The lowest BCUT2D eigenvalue weighted by atomic mass is 9.93. The van der Waals surface area contributed by atoms with Crippen LogP contribution in [0.2, 0.25) is 0 Å². The smallest absolute Gasteiger partial charge is 0.0510 e. The van der Waals surface area contributed by atoms with Gasteiger partial charge in [0, 0.05) is 25.9 Å². The van der Waals surface area contributed by atoms with E-state index in [1.54, 1.807) is 0 Å². The van der Waals surface area contributed by atoms with Crippen LogP contribution < -0.4 is 5.32 Å². The summed E-state index contributed by atoms with van der Waals surface area (Å²) in [6.07, 6.45) is 4.65. The minimum atomic E-state index is 0.619. The first-order chi connectivity index (χ1) is 7.38. The van der Waals surface area contributed by atoms with Crippen molar-refractivity contribution in [2.75, 3.05) is 33.5 Å². The molecule has 1 saturated heterocycles. The molecule has 2 unspecified atom stereocenters. The van der Waals surface area contributed by atoms with Crippen LogP contribution in [0, 0.1) is 5.92 Å². The van der Waals surface area contributed by atoms with Crippen LogP contribution in [0.25, 0.3) is 0 Å². The number of nitrogens with one attached hydrogen (secondary N) is 1. The van der Waals surface area contributed by atoms with Crippen molar-refractivity contribution < 1.29 is 9.47 Å². The lowest BCUT2D eigenvalue weighted by Gasteiger charge is -2.31. The Labute approximate surface area is 93.5 Å². The van der Waals surface area contributed by atoms with E-state index in [0.717, 1.165) is 39.3 Å². The zero-order valence-corrected chi connectivity index (χ0v) is 10.1. The van der Waals surface area contributed by atoms with Crippen molar-refractivity contribution in [3.8, 4) is 0 Å². The Balaban J connectivity index is 2.07. The van der Waals surface area contributed by atoms with Gasteiger partial charge >= 0.3 is 0 Å². The minimum Gasteiger partial charge on any atom is -0.381 e. The minimum absolute atomic E-state index is 0.619. The van der Waals surface area contributed by atoms with E-state index in [-0.39, 0.29) is 0 Å². The molecule has 0 aromatic heterocycles. The van der Waals surface area contributed by atoms with E-state index in [2.05, 4.69) is 12.2 Å². The summed E-state index contributed by atoms with van der Waals surface area (Å²) < 4.78 is 11.1. The van der Waals surface area contributed by atoms with Gasteiger partial charge in [0.2, 0.25) is 0 Å². The topological polar surface area (TPSA) is 30.5 Å². The van der Waals surface area contributed by atoms with Gasteiger partial charge in [-0.15, -0.1) is 0 Å². The molecule has 1 fully saturated rings. The number of unbranched alkanes of at least 4 members (excludes halogenated alkanes) is 1. The van der Waals surface area contributed by atoms with Crippen LogP contribution in [0.5, 0.6) is 0 Å². The van der Waals surface area contributed by atoms with Crippen molar-refractivity contribution in [2.24, 2.45) is 5.92 Å². The van der Waals surface area contributed by atoms with Gasteiger partial charge in [0.05, 0.1) is 6.61 Å². The molecule has 3 heteroatoms. The Morgan fingerprint density at radius 3 is 3.00 bits per heavy atom. The molecule has 0 radical (unpaired) electrons. The zero-order valence-electron chi connectivity index (χ0n) is 10.1. The maximum Gasteiger partial charge on any atom is 0.0510 e. The van der Waals surface area contributed by atoms with Crippen LogP contribution in [0.4, 0.5) is 0 Å². The summed E-state index contributed by atoms with van der Waals surface area (Å²) in [7, 11) is 2.04.